The van der Waals surface area contributed by atoms with E-state index in [4.69, 9.17) is 24.2 Å². The van der Waals surface area contributed by atoms with Crippen LogP contribution in [0.4, 0.5) is 10.5 Å². The summed E-state index contributed by atoms with van der Waals surface area (Å²) in [6, 6.07) is 5.00. The van der Waals surface area contributed by atoms with E-state index in [0.717, 1.165) is 25.7 Å². The average molecular weight is 427 g/mol. The van der Waals surface area contributed by atoms with Gasteiger partial charge in [-0.3, -0.25) is 0 Å². The Labute approximate surface area is 180 Å². The SMILES string of the molecule is COc1cc(NC(=O)NC2CCC(Oc3nccnc3C#N)CC2)cc(OC)c1OC. The van der Waals surface area contributed by atoms with Gasteiger partial charge in [0.2, 0.25) is 11.4 Å². The summed E-state index contributed by atoms with van der Waals surface area (Å²) in [5.41, 5.74) is 0.697. The normalized spacial score (nSPS) is 17.7. The zero-order chi connectivity index (χ0) is 22.2. The van der Waals surface area contributed by atoms with Gasteiger partial charge in [0.1, 0.15) is 12.2 Å². The lowest BCUT2D eigenvalue weighted by atomic mass is 9.93. The molecule has 0 atom stereocenters. The molecule has 0 spiro atoms. The van der Waals surface area contributed by atoms with E-state index >= 15 is 0 Å². The van der Waals surface area contributed by atoms with E-state index in [0.29, 0.717) is 22.9 Å². The zero-order valence-electron chi connectivity index (χ0n) is 17.7. The van der Waals surface area contributed by atoms with Crippen molar-refractivity contribution in [2.75, 3.05) is 26.6 Å². The first-order chi connectivity index (χ1) is 15.1. The van der Waals surface area contributed by atoms with Crippen LogP contribution in [0.15, 0.2) is 24.5 Å². The van der Waals surface area contributed by atoms with E-state index in [9.17, 15) is 4.79 Å². The summed E-state index contributed by atoms with van der Waals surface area (Å²) >= 11 is 0. The molecule has 0 bridgehead atoms. The van der Waals surface area contributed by atoms with Crippen LogP contribution in [0.1, 0.15) is 31.4 Å². The number of ether oxygens (including phenoxy) is 4. The quantitative estimate of drug-likeness (QED) is 0.690. The van der Waals surface area contributed by atoms with Gasteiger partial charge in [0.15, 0.2) is 11.5 Å². The fourth-order valence-electron chi connectivity index (χ4n) is 3.48. The Morgan fingerprint density at radius 3 is 2.26 bits per heavy atom. The molecule has 1 aliphatic carbocycles. The number of nitrogens with zero attached hydrogens (tertiary/aromatic N) is 3. The number of urea groups is 1. The molecule has 3 rings (SSSR count). The van der Waals surface area contributed by atoms with Crippen LogP contribution in [0.5, 0.6) is 23.1 Å². The van der Waals surface area contributed by atoms with Gasteiger partial charge in [0.05, 0.1) is 27.0 Å². The van der Waals surface area contributed by atoms with Crippen molar-refractivity contribution in [1.29, 1.82) is 5.26 Å². The number of aromatic nitrogens is 2. The Morgan fingerprint density at radius 2 is 1.68 bits per heavy atom. The van der Waals surface area contributed by atoms with Crippen LogP contribution < -0.4 is 29.6 Å². The van der Waals surface area contributed by atoms with Crippen LogP contribution in [0.2, 0.25) is 0 Å². The predicted molar refractivity (Wildman–Crippen MR) is 112 cm³/mol. The second kappa shape index (κ2) is 10.3. The van der Waals surface area contributed by atoms with Gasteiger partial charge in [0.25, 0.3) is 5.88 Å². The molecule has 1 aromatic heterocycles. The summed E-state index contributed by atoms with van der Waals surface area (Å²) in [5.74, 6) is 1.62. The Hall–Kier alpha value is -3.74. The van der Waals surface area contributed by atoms with Gasteiger partial charge >= 0.3 is 6.03 Å². The maximum atomic E-state index is 12.5. The summed E-state index contributed by atoms with van der Waals surface area (Å²) in [6.45, 7) is 0. The fraction of sp³-hybridized carbons (Fsp3) is 0.429. The Bertz CT molecular complexity index is 928. The van der Waals surface area contributed by atoms with Gasteiger partial charge < -0.3 is 29.6 Å². The minimum absolute atomic E-state index is 0.0131. The molecule has 0 saturated heterocycles. The Morgan fingerprint density at radius 1 is 1.03 bits per heavy atom. The van der Waals surface area contributed by atoms with E-state index in [-0.39, 0.29) is 29.8 Å². The molecule has 10 heteroatoms. The van der Waals surface area contributed by atoms with E-state index in [1.807, 2.05) is 6.07 Å². The van der Waals surface area contributed by atoms with Crippen LogP contribution in [0.25, 0.3) is 0 Å². The van der Waals surface area contributed by atoms with Crippen molar-refractivity contribution < 1.29 is 23.7 Å². The molecule has 0 unspecified atom stereocenters. The molecular weight excluding hydrogens is 402 g/mol. The number of hydrogen-bond acceptors (Lipinski definition) is 8. The first-order valence-corrected chi connectivity index (χ1v) is 9.83. The summed E-state index contributed by atoms with van der Waals surface area (Å²) in [6.07, 6.45) is 5.84. The van der Waals surface area contributed by atoms with Crippen molar-refractivity contribution in [2.24, 2.45) is 0 Å². The highest BCUT2D eigenvalue weighted by Gasteiger charge is 2.25. The highest BCUT2D eigenvalue weighted by atomic mass is 16.5. The van der Waals surface area contributed by atoms with E-state index < -0.39 is 0 Å². The van der Waals surface area contributed by atoms with Crippen molar-refractivity contribution in [3.63, 3.8) is 0 Å². The number of hydrogen-bond donors (Lipinski definition) is 2. The first-order valence-electron chi connectivity index (χ1n) is 9.83. The largest absolute Gasteiger partial charge is 0.493 e. The molecule has 1 saturated carbocycles. The summed E-state index contributed by atoms with van der Waals surface area (Å²) in [7, 11) is 4.55. The number of carbonyl (C=O) groups excluding carboxylic acids is 1. The molecule has 2 N–H and O–H groups in total. The van der Waals surface area contributed by atoms with Gasteiger partial charge in [-0.05, 0) is 25.7 Å². The molecule has 1 fully saturated rings. The van der Waals surface area contributed by atoms with E-state index in [1.165, 1.54) is 33.7 Å². The van der Waals surface area contributed by atoms with Gasteiger partial charge in [-0.25, -0.2) is 14.8 Å². The maximum absolute atomic E-state index is 12.5. The summed E-state index contributed by atoms with van der Waals surface area (Å²) < 4.78 is 21.7. The molecule has 31 heavy (non-hydrogen) atoms. The second-order valence-corrected chi connectivity index (χ2v) is 6.93. The highest BCUT2D eigenvalue weighted by Crippen LogP contribution is 2.39. The van der Waals surface area contributed by atoms with Crippen molar-refractivity contribution in [1.82, 2.24) is 15.3 Å². The molecule has 1 aliphatic rings. The fourth-order valence-corrected chi connectivity index (χ4v) is 3.48. The molecule has 164 valence electrons. The van der Waals surface area contributed by atoms with Crippen LogP contribution in [0.3, 0.4) is 0 Å². The number of nitrogens with one attached hydrogen (secondary N) is 2. The van der Waals surface area contributed by atoms with Gasteiger partial charge in [0, 0.05) is 30.6 Å². The summed E-state index contributed by atoms with van der Waals surface area (Å²) in [4.78, 5) is 20.5. The maximum Gasteiger partial charge on any atom is 0.319 e. The second-order valence-electron chi connectivity index (χ2n) is 6.93. The van der Waals surface area contributed by atoms with Crippen molar-refractivity contribution >= 4 is 11.7 Å². The third-order valence-electron chi connectivity index (χ3n) is 4.98. The molecule has 2 amide bonds. The Balaban J connectivity index is 1.53. The van der Waals surface area contributed by atoms with Crippen LogP contribution in [0, 0.1) is 11.3 Å². The zero-order valence-corrected chi connectivity index (χ0v) is 17.7. The summed E-state index contributed by atoms with van der Waals surface area (Å²) in [5, 5.41) is 14.9. The van der Waals surface area contributed by atoms with Gasteiger partial charge in [-0.2, -0.15) is 5.26 Å². The number of methoxy groups -OCH3 is 3. The topological polar surface area (TPSA) is 128 Å². The smallest absolute Gasteiger partial charge is 0.319 e. The minimum Gasteiger partial charge on any atom is -0.493 e. The Kier molecular flexibility index (Phi) is 7.32. The highest BCUT2D eigenvalue weighted by molar-refractivity contribution is 5.90. The number of anilines is 1. The third-order valence-corrected chi connectivity index (χ3v) is 4.98. The molecule has 2 aromatic rings. The predicted octanol–water partition coefficient (Wildman–Crippen LogP) is 2.89. The van der Waals surface area contributed by atoms with Crippen molar-refractivity contribution in [2.45, 2.75) is 37.8 Å². The van der Waals surface area contributed by atoms with Crippen molar-refractivity contribution in [3.05, 3.63) is 30.2 Å². The molecular formula is C21H25N5O5. The van der Waals surface area contributed by atoms with E-state index in [1.54, 1.807) is 12.1 Å². The first kappa shape index (κ1) is 22.0. The monoisotopic (exact) mass is 427 g/mol. The standard InChI is InChI=1S/C21H25N5O5/c1-28-17-10-14(11-18(29-2)19(17)30-3)26-21(27)25-13-4-6-15(7-5-13)31-20-16(12-22)23-8-9-24-20/h8-11,13,15H,4-7H2,1-3H3,(H2,25,26,27). The number of rotatable bonds is 7. The van der Waals surface area contributed by atoms with Gasteiger partial charge in [-0.1, -0.05) is 0 Å². The molecule has 1 aromatic carbocycles. The third kappa shape index (κ3) is 5.45. The lowest BCUT2D eigenvalue weighted by molar-refractivity contribution is 0.134. The molecule has 0 radical (unpaired) electrons. The van der Waals surface area contributed by atoms with Crippen LogP contribution in [-0.4, -0.2) is 49.5 Å². The number of carbonyl (C=O) groups is 1. The molecule has 0 aliphatic heterocycles. The lowest BCUT2D eigenvalue weighted by Crippen LogP contribution is -2.41. The average Bonchev–Trinajstić information content (AvgIpc) is 2.79. The number of benzene rings is 1. The minimum atomic E-state index is -0.320. The van der Waals surface area contributed by atoms with Crippen LogP contribution >= 0.6 is 0 Å². The lowest BCUT2D eigenvalue weighted by Gasteiger charge is -2.29. The van der Waals surface area contributed by atoms with Gasteiger partial charge in [-0.15, -0.1) is 0 Å². The van der Waals surface area contributed by atoms with Crippen molar-refractivity contribution in [3.8, 4) is 29.2 Å². The van der Waals surface area contributed by atoms with E-state index in [2.05, 4.69) is 20.6 Å². The number of nitriles is 1. The number of amides is 2. The molecule has 1 heterocycles. The van der Waals surface area contributed by atoms with Crippen LogP contribution in [-0.2, 0) is 0 Å². The molecule has 10 nitrogen and oxygen atoms in total.